The van der Waals surface area contributed by atoms with Crippen molar-refractivity contribution in [3.63, 3.8) is 0 Å². The first-order valence-corrected chi connectivity index (χ1v) is 14.5. The Morgan fingerprint density at radius 3 is 2.33 bits per heavy atom. The van der Waals surface area contributed by atoms with Crippen LogP contribution >= 0.6 is 0 Å². The van der Waals surface area contributed by atoms with E-state index in [4.69, 9.17) is 0 Å². The van der Waals surface area contributed by atoms with Gasteiger partial charge in [0.2, 0.25) is 11.8 Å². The van der Waals surface area contributed by atoms with Gasteiger partial charge in [-0.05, 0) is 37.7 Å². The van der Waals surface area contributed by atoms with Crippen molar-refractivity contribution in [2.24, 2.45) is 5.92 Å². The predicted octanol–water partition coefficient (Wildman–Crippen LogP) is 4.39. The van der Waals surface area contributed by atoms with Gasteiger partial charge in [0.1, 0.15) is 0 Å². The molecule has 3 aliphatic heterocycles. The molecule has 7 heteroatoms. The summed E-state index contributed by atoms with van der Waals surface area (Å²) >= 11 is 0. The van der Waals surface area contributed by atoms with Crippen LogP contribution in [-0.4, -0.2) is 71.4 Å². The molecule has 2 bridgehead atoms. The van der Waals surface area contributed by atoms with Crippen molar-refractivity contribution in [1.29, 1.82) is 0 Å². The number of hydrogen-bond donors (Lipinski definition) is 1. The van der Waals surface area contributed by atoms with Crippen LogP contribution < -0.4 is 10.2 Å². The number of nitrogens with one attached hydrogen (secondary N) is 1. The van der Waals surface area contributed by atoms with Crippen LogP contribution in [0.3, 0.4) is 0 Å². The number of nitrogens with zero attached hydrogens (tertiary/aromatic N) is 4. The van der Waals surface area contributed by atoms with Crippen molar-refractivity contribution in [3.05, 3.63) is 72.6 Å². The van der Waals surface area contributed by atoms with Crippen LogP contribution in [0.15, 0.2) is 67.0 Å². The van der Waals surface area contributed by atoms with Crippen molar-refractivity contribution in [3.8, 4) is 0 Å². The van der Waals surface area contributed by atoms with E-state index >= 15 is 0 Å². The highest BCUT2D eigenvalue weighted by molar-refractivity contribution is 5.93. The molecule has 7 nitrogen and oxygen atoms in total. The number of benzene rings is 2. The van der Waals surface area contributed by atoms with Gasteiger partial charge < -0.3 is 15.1 Å². The third-order valence-corrected chi connectivity index (χ3v) is 9.13. The molecule has 0 spiro atoms. The van der Waals surface area contributed by atoms with E-state index in [1.807, 2.05) is 23.4 Å². The fraction of sp³-hybridized carbons (Fsp3) is 0.469. The molecule has 0 radical (unpaired) electrons. The number of piperidine rings is 1. The summed E-state index contributed by atoms with van der Waals surface area (Å²) in [4.78, 5) is 36.6. The van der Waals surface area contributed by atoms with Crippen LogP contribution in [-0.2, 0) is 9.59 Å². The molecule has 2 amide bonds. The zero-order chi connectivity index (χ0) is 26.8. The minimum absolute atomic E-state index is 0.00997. The highest BCUT2D eigenvalue weighted by Crippen LogP contribution is 2.36. The van der Waals surface area contributed by atoms with Gasteiger partial charge in [0.05, 0.1) is 17.9 Å². The Labute approximate surface area is 231 Å². The second-order valence-electron chi connectivity index (χ2n) is 11.4. The van der Waals surface area contributed by atoms with Crippen LogP contribution in [0, 0.1) is 5.92 Å². The van der Waals surface area contributed by atoms with Crippen LogP contribution in [0.25, 0.3) is 10.8 Å². The Morgan fingerprint density at radius 1 is 0.923 bits per heavy atom. The minimum atomic E-state index is -0.0270. The summed E-state index contributed by atoms with van der Waals surface area (Å²) in [5.74, 6) is 0.201. The van der Waals surface area contributed by atoms with Gasteiger partial charge in [-0.3, -0.25) is 19.5 Å². The Balaban J connectivity index is 1.11. The predicted molar refractivity (Wildman–Crippen MR) is 154 cm³/mol. The largest absolute Gasteiger partial charge is 0.367 e. The summed E-state index contributed by atoms with van der Waals surface area (Å²) in [6.45, 7) is 5.95. The normalized spacial score (nSPS) is 22.7. The molecule has 0 saturated carbocycles. The summed E-state index contributed by atoms with van der Waals surface area (Å²) in [5, 5.41) is 5.88. The van der Waals surface area contributed by atoms with Crippen molar-refractivity contribution in [2.75, 3.05) is 37.6 Å². The van der Waals surface area contributed by atoms with Gasteiger partial charge in [0.15, 0.2) is 0 Å². The maximum atomic E-state index is 13.3. The summed E-state index contributed by atoms with van der Waals surface area (Å²) in [5.41, 5.74) is 2.41. The molecule has 6 rings (SSSR count). The topological polar surface area (TPSA) is 68.8 Å². The monoisotopic (exact) mass is 525 g/mol. The number of hydrogen-bond acceptors (Lipinski definition) is 5. The number of carbonyl (C=O) groups is 2. The zero-order valence-electron chi connectivity index (χ0n) is 22.8. The van der Waals surface area contributed by atoms with E-state index in [2.05, 4.69) is 68.6 Å². The van der Waals surface area contributed by atoms with Crippen LogP contribution in [0.2, 0.25) is 0 Å². The molecule has 3 fully saturated rings. The molecule has 0 aliphatic carbocycles. The molecule has 1 N–H and O–H groups in total. The lowest BCUT2D eigenvalue weighted by molar-refractivity contribution is -0.134. The molecule has 204 valence electrons. The fourth-order valence-corrected chi connectivity index (χ4v) is 6.94. The van der Waals surface area contributed by atoms with E-state index in [0.717, 1.165) is 38.9 Å². The van der Waals surface area contributed by atoms with E-state index in [0.29, 0.717) is 25.2 Å². The minimum Gasteiger partial charge on any atom is -0.367 e. The number of pyridine rings is 1. The highest BCUT2D eigenvalue weighted by Gasteiger charge is 2.40. The number of amides is 2. The van der Waals surface area contributed by atoms with Crippen molar-refractivity contribution in [2.45, 2.75) is 57.2 Å². The van der Waals surface area contributed by atoms with Crippen LogP contribution in [0.4, 0.5) is 5.69 Å². The summed E-state index contributed by atoms with van der Waals surface area (Å²) < 4.78 is 0. The van der Waals surface area contributed by atoms with E-state index in [9.17, 15) is 9.59 Å². The summed E-state index contributed by atoms with van der Waals surface area (Å²) in [6.07, 6.45) is 8.79. The van der Waals surface area contributed by atoms with Gasteiger partial charge in [-0.2, -0.15) is 0 Å². The molecule has 3 aliphatic rings. The van der Waals surface area contributed by atoms with Gasteiger partial charge in [-0.25, -0.2) is 0 Å². The molecule has 0 unspecified atom stereocenters. The third-order valence-electron chi connectivity index (χ3n) is 9.13. The van der Waals surface area contributed by atoms with E-state index in [1.165, 1.54) is 34.9 Å². The number of piperazine rings is 1. The second-order valence-corrected chi connectivity index (χ2v) is 11.4. The van der Waals surface area contributed by atoms with Crippen molar-refractivity contribution < 1.29 is 9.59 Å². The molecular formula is C32H39N5O2. The number of aromatic nitrogens is 1. The van der Waals surface area contributed by atoms with Gasteiger partial charge in [0.25, 0.3) is 0 Å². The lowest BCUT2D eigenvalue weighted by atomic mass is 9.94. The summed E-state index contributed by atoms with van der Waals surface area (Å²) in [6, 6.07) is 20.0. The van der Waals surface area contributed by atoms with Gasteiger partial charge in [0, 0.05) is 74.6 Å². The number of likely N-dealkylation sites (tertiary alicyclic amines) is 1. The molecule has 3 aromatic rings. The van der Waals surface area contributed by atoms with E-state index < -0.39 is 0 Å². The maximum absolute atomic E-state index is 13.3. The third kappa shape index (κ3) is 5.50. The standard InChI is InChI=1S/C32H39N5O2/c1-23(38)35-16-13-25(14-17-35)32(39)34-30(24-7-3-2-4-8-24)15-18-37-27-11-12-28(37)22-36(21-27)31-20-33-19-26-9-5-6-10-29(26)31/h2-10,19-20,25,27-28,30H,11-18,21-22H2,1H3,(H,34,39)/t27-,28+,30-/m0/s1. The Bertz CT molecular complexity index is 1290. The Kier molecular flexibility index (Phi) is 7.51. The van der Waals surface area contributed by atoms with Gasteiger partial charge in [-0.1, -0.05) is 54.6 Å². The fourth-order valence-electron chi connectivity index (χ4n) is 6.94. The molecular weight excluding hydrogens is 486 g/mol. The molecule has 3 saturated heterocycles. The first-order chi connectivity index (χ1) is 19.1. The van der Waals surface area contributed by atoms with Crippen LogP contribution in [0.1, 0.15) is 50.6 Å². The molecule has 2 aromatic carbocycles. The van der Waals surface area contributed by atoms with E-state index in [1.54, 1.807) is 6.92 Å². The quantitative estimate of drug-likeness (QED) is 0.496. The first kappa shape index (κ1) is 25.8. The smallest absolute Gasteiger partial charge is 0.223 e. The lowest BCUT2D eigenvalue weighted by Gasteiger charge is -2.43. The van der Waals surface area contributed by atoms with Gasteiger partial charge in [-0.15, -0.1) is 0 Å². The van der Waals surface area contributed by atoms with Crippen molar-refractivity contribution in [1.82, 2.24) is 20.1 Å². The zero-order valence-corrected chi connectivity index (χ0v) is 22.8. The van der Waals surface area contributed by atoms with E-state index in [-0.39, 0.29) is 23.8 Å². The lowest BCUT2D eigenvalue weighted by Crippen LogP contribution is -2.54. The maximum Gasteiger partial charge on any atom is 0.223 e. The number of fused-ring (bicyclic) bond motifs is 3. The first-order valence-electron chi connectivity index (χ1n) is 14.5. The number of carbonyl (C=O) groups excluding carboxylic acids is 2. The molecule has 39 heavy (non-hydrogen) atoms. The average Bonchev–Trinajstić information content (AvgIpc) is 3.21. The molecule has 1 aromatic heterocycles. The molecule has 4 heterocycles. The Morgan fingerprint density at radius 2 is 1.62 bits per heavy atom. The average molecular weight is 526 g/mol. The van der Waals surface area contributed by atoms with Crippen molar-refractivity contribution >= 4 is 28.3 Å². The Hall–Kier alpha value is -3.45. The molecule has 3 atom stereocenters. The second kappa shape index (κ2) is 11.3. The van der Waals surface area contributed by atoms with Gasteiger partial charge >= 0.3 is 0 Å². The summed E-state index contributed by atoms with van der Waals surface area (Å²) in [7, 11) is 0. The SMILES string of the molecule is CC(=O)N1CCC(C(=O)N[C@@H](CCN2[C@@H]3CC[C@H]2CN(c2cncc4ccccc24)C3)c2ccccc2)CC1. The highest BCUT2D eigenvalue weighted by atomic mass is 16.2. The number of anilines is 1. The number of rotatable bonds is 7. The van der Waals surface area contributed by atoms with Crippen LogP contribution in [0.5, 0.6) is 0 Å².